The lowest BCUT2D eigenvalue weighted by Gasteiger charge is -2.36. The maximum atomic E-state index is 13.7. The molecule has 2 unspecified atom stereocenters. The van der Waals surface area contributed by atoms with Crippen LogP contribution in [0.4, 0.5) is 0 Å². The Bertz CT molecular complexity index is 1180. The van der Waals surface area contributed by atoms with Crippen LogP contribution in [0.1, 0.15) is 69.9 Å². The largest absolute Gasteiger partial charge is 0.494 e. The van der Waals surface area contributed by atoms with E-state index in [9.17, 15) is 9.59 Å². The molecule has 2 atom stereocenters. The molecule has 2 aliphatic rings. The molecular formula is C30H34ClNO4. The lowest BCUT2D eigenvalue weighted by Crippen LogP contribution is -2.36. The summed E-state index contributed by atoms with van der Waals surface area (Å²) in [5, 5.41) is 4.08. The summed E-state index contributed by atoms with van der Waals surface area (Å²) in [7, 11) is 0. The molecule has 0 bridgehead atoms. The summed E-state index contributed by atoms with van der Waals surface area (Å²) < 4.78 is 11.4. The highest BCUT2D eigenvalue weighted by atomic mass is 35.5. The Morgan fingerprint density at radius 3 is 2.36 bits per heavy atom. The number of benzene rings is 2. The third-order valence-corrected chi connectivity index (χ3v) is 6.87. The SMILES string of the molecule is CCCOc1ccc(C2C(C(=O)OCC(C)C)=C(C)NC3=C2C(=O)CC(c2ccc(Cl)cc2)C3)cc1. The molecule has 0 amide bonds. The quantitative estimate of drug-likeness (QED) is 0.403. The van der Waals surface area contributed by atoms with Gasteiger partial charge in [0.25, 0.3) is 0 Å². The van der Waals surface area contributed by atoms with Crippen molar-refractivity contribution in [3.05, 3.63) is 87.2 Å². The van der Waals surface area contributed by atoms with Gasteiger partial charge in [-0.1, -0.05) is 56.6 Å². The number of carbonyl (C=O) groups excluding carboxylic acids is 2. The maximum Gasteiger partial charge on any atom is 0.336 e. The van der Waals surface area contributed by atoms with Crippen molar-refractivity contribution in [1.29, 1.82) is 0 Å². The van der Waals surface area contributed by atoms with Gasteiger partial charge in [-0.15, -0.1) is 0 Å². The Kier molecular flexibility index (Phi) is 8.20. The highest BCUT2D eigenvalue weighted by Crippen LogP contribution is 2.46. The van der Waals surface area contributed by atoms with E-state index in [0.29, 0.717) is 42.2 Å². The lowest BCUT2D eigenvalue weighted by molar-refractivity contribution is -0.140. The molecule has 4 rings (SSSR count). The molecule has 1 aliphatic heterocycles. The summed E-state index contributed by atoms with van der Waals surface area (Å²) in [6, 6.07) is 15.4. The van der Waals surface area contributed by atoms with E-state index in [1.807, 2.05) is 69.3 Å². The number of esters is 1. The zero-order chi connectivity index (χ0) is 25.8. The van der Waals surface area contributed by atoms with E-state index in [1.54, 1.807) is 0 Å². The molecule has 1 N–H and O–H groups in total. The van der Waals surface area contributed by atoms with Gasteiger partial charge in [-0.05, 0) is 67.0 Å². The van der Waals surface area contributed by atoms with E-state index in [1.165, 1.54) is 0 Å². The van der Waals surface area contributed by atoms with Crippen LogP contribution in [0, 0.1) is 5.92 Å². The first-order chi connectivity index (χ1) is 17.3. The van der Waals surface area contributed by atoms with E-state index in [4.69, 9.17) is 21.1 Å². The summed E-state index contributed by atoms with van der Waals surface area (Å²) in [5.41, 5.74) is 4.71. The second-order valence-corrected chi connectivity index (χ2v) is 10.4. The molecule has 6 heteroatoms. The molecule has 2 aromatic carbocycles. The van der Waals surface area contributed by atoms with Gasteiger partial charge >= 0.3 is 5.97 Å². The number of ketones is 1. The standard InChI is InChI=1S/C30H34ClNO4/c1-5-14-35-24-12-8-21(9-13-24)28-27(30(34)36-17-18(2)3)19(4)32-25-15-22(16-26(33)29(25)28)20-6-10-23(31)11-7-20/h6-13,18,22,28,32H,5,14-17H2,1-4H3. The molecule has 36 heavy (non-hydrogen) atoms. The Labute approximate surface area is 218 Å². The second kappa shape index (κ2) is 11.3. The van der Waals surface area contributed by atoms with Gasteiger partial charge in [0, 0.05) is 34.3 Å². The molecule has 0 radical (unpaired) electrons. The molecular weight excluding hydrogens is 474 g/mol. The van der Waals surface area contributed by atoms with Crippen molar-refractivity contribution >= 4 is 23.4 Å². The average molecular weight is 508 g/mol. The normalized spacial score (nSPS) is 19.8. The molecule has 0 saturated carbocycles. The summed E-state index contributed by atoms with van der Waals surface area (Å²) in [6.07, 6.45) is 1.98. The van der Waals surface area contributed by atoms with E-state index in [-0.39, 0.29) is 23.6 Å². The number of ether oxygens (including phenoxy) is 2. The van der Waals surface area contributed by atoms with Gasteiger partial charge in [0.2, 0.25) is 0 Å². The minimum atomic E-state index is -0.486. The molecule has 5 nitrogen and oxygen atoms in total. The Morgan fingerprint density at radius 2 is 1.72 bits per heavy atom. The molecule has 0 aromatic heterocycles. The maximum absolute atomic E-state index is 13.7. The molecule has 2 aromatic rings. The minimum absolute atomic E-state index is 0.0432. The summed E-state index contributed by atoms with van der Waals surface area (Å²) >= 11 is 6.08. The zero-order valence-electron chi connectivity index (χ0n) is 21.4. The predicted octanol–water partition coefficient (Wildman–Crippen LogP) is 6.69. The topological polar surface area (TPSA) is 64.6 Å². The molecule has 0 fully saturated rings. The number of rotatable bonds is 8. The fourth-order valence-corrected chi connectivity index (χ4v) is 5.04. The van der Waals surface area contributed by atoms with Gasteiger partial charge in [0.05, 0.1) is 18.8 Å². The van der Waals surface area contributed by atoms with Crippen LogP contribution in [0.5, 0.6) is 5.75 Å². The number of allylic oxidation sites excluding steroid dienone is 3. The smallest absolute Gasteiger partial charge is 0.336 e. The third-order valence-electron chi connectivity index (χ3n) is 6.62. The van der Waals surface area contributed by atoms with Crippen molar-refractivity contribution < 1.29 is 19.1 Å². The number of hydrogen-bond acceptors (Lipinski definition) is 5. The minimum Gasteiger partial charge on any atom is -0.494 e. The van der Waals surface area contributed by atoms with Crippen molar-refractivity contribution in [1.82, 2.24) is 5.32 Å². The zero-order valence-corrected chi connectivity index (χ0v) is 22.2. The Balaban J connectivity index is 1.72. The number of dihydropyridines is 1. The van der Waals surface area contributed by atoms with Gasteiger partial charge in [-0.2, -0.15) is 0 Å². The molecule has 1 aliphatic carbocycles. The van der Waals surface area contributed by atoms with Crippen molar-refractivity contribution in [3.63, 3.8) is 0 Å². The summed E-state index contributed by atoms with van der Waals surface area (Å²) in [6.45, 7) is 8.91. The van der Waals surface area contributed by atoms with Crippen molar-refractivity contribution in [2.45, 2.75) is 58.8 Å². The van der Waals surface area contributed by atoms with E-state index >= 15 is 0 Å². The first-order valence-electron chi connectivity index (χ1n) is 12.7. The number of halogens is 1. The van der Waals surface area contributed by atoms with E-state index < -0.39 is 5.92 Å². The van der Waals surface area contributed by atoms with Gasteiger partial charge in [0.15, 0.2) is 5.78 Å². The van der Waals surface area contributed by atoms with Gasteiger partial charge in [0.1, 0.15) is 5.75 Å². The van der Waals surface area contributed by atoms with Crippen LogP contribution in [0.3, 0.4) is 0 Å². The van der Waals surface area contributed by atoms with Gasteiger partial charge in [-0.25, -0.2) is 4.79 Å². The third kappa shape index (κ3) is 5.67. The van der Waals surface area contributed by atoms with Gasteiger partial charge in [-0.3, -0.25) is 4.79 Å². The van der Waals surface area contributed by atoms with Gasteiger partial charge < -0.3 is 14.8 Å². The summed E-state index contributed by atoms with van der Waals surface area (Å²) in [4.78, 5) is 27.0. The molecule has 0 spiro atoms. The lowest BCUT2D eigenvalue weighted by atomic mass is 9.71. The predicted molar refractivity (Wildman–Crippen MR) is 142 cm³/mol. The molecule has 1 heterocycles. The van der Waals surface area contributed by atoms with Crippen LogP contribution in [0.25, 0.3) is 0 Å². The summed E-state index contributed by atoms with van der Waals surface area (Å²) in [5.74, 6) is 0.205. The number of Topliss-reactive ketones (excluding diaryl/α,β-unsaturated/α-hetero) is 1. The second-order valence-electron chi connectivity index (χ2n) is 9.98. The fraction of sp³-hybridized carbons (Fsp3) is 0.400. The van der Waals surface area contributed by atoms with Crippen LogP contribution in [-0.2, 0) is 14.3 Å². The highest BCUT2D eigenvalue weighted by Gasteiger charge is 2.41. The number of carbonyl (C=O) groups is 2. The van der Waals surface area contributed by atoms with Crippen molar-refractivity contribution in [3.8, 4) is 5.75 Å². The van der Waals surface area contributed by atoms with Crippen LogP contribution in [0.15, 0.2) is 71.1 Å². The number of nitrogens with one attached hydrogen (secondary N) is 1. The first-order valence-corrected chi connectivity index (χ1v) is 13.1. The Hall–Kier alpha value is -3.05. The van der Waals surface area contributed by atoms with Crippen LogP contribution < -0.4 is 10.1 Å². The number of hydrogen-bond donors (Lipinski definition) is 1. The molecule has 0 saturated heterocycles. The molecule has 190 valence electrons. The van der Waals surface area contributed by atoms with Crippen LogP contribution >= 0.6 is 11.6 Å². The fourth-order valence-electron chi connectivity index (χ4n) is 4.91. The van der Waals surface area contributed by atoms with Crippen molar-refractivity contribution in [2.24, 2.45) is 5.92 Å². The highest BCUT2D eigenvalue weighted by molar-refractivity contribution is 6.30. The Morgan fingerprint density at radius 1 is 1.06 bits per heavy atom. The van der Waals surface area contributed by atoms with Crippen LogP contribution in [-0.4, -0.2) is 25.0 Å². The monoisotopic (exact) mass is 507 g/mol. The first kappa shape index (κ1) is 26.0. The van der Waals surface area contributed by atoms with E-state index in [0.717, 1.165) is 34.7 Å². The average Bonchev–Trinajstić information content (AvgIpc) is 2.85. The van der Waals surface area contributed by atoms with Crippen molar-refractivity contribution in [2.75, 3.05) is 13.2 Å². The van der Waals surface area contributed by atoms with E-state index in [2.05, 4.69) is 12.2 Å². The van der Waals surface area contributed by atoms with Crippen LogP contribution in [0.2, 0.25) is 5.02 Å².